The number of carbonyl (C=O) groups excluding carboxylic acids is 2. The zero-order chi connectivity index (χ0) is 20.6. The standard InChI is InChI=1S/C22H24N4O2S/c1-17(27)18-6-8-19(9-7-18)26-13-11-25(12-14-26)16-22(28)24-20-4-2-3-5-21(20)29-15-10-23/h2-9H,11-16H2,1H3,(H,24,28). The van der Waals surface area contributed by atoms with Gasteiger partial charge >= 0.3 is 0 Å². The summed E-state index contributed by atoms with van der Waals surface area (Å²) in [5.41, 5.74) is 2.57. The van der Waals surface area contributed by atoms with Gasteiger partial charge in [-0.1, -0.05) is 12.1 Å². The van der Waals surface area contributed by atoms with E-state index in [9.17, 15) is 9.59 Å². The molecule has 2 aromatic rings. The molecule has 0 spiro atoms. The van der Waals surface area contributed by atoms with Crippen LogP contribution in [0.25, 0.3) is 0 Å². The van der Waals surface area contributed by atoms with Gasteiger partial charge in [-0.3, -0.25) is 14.5 Å². The quantitative estimate of drug-likeness (QED) is 0.560. The number of nitrogens with one attached hydrogen (secondary N) is 1. The number of amides is 1. The molecule has 0 atom stereocenters. The van der Waals surface area contributed by atoms with Crippen LogP contribution >= 0.6 is 11.8 Å². The Bertz CT molecular complexity index is 900. The van der Waals surface area contributed by atoms with Gasteiger partial charge in [0, 0.05) is 42.3 Å². The normalized spacial score (nSPS) is 14.3. The van der Waals surface area contributed by atoms with Crippen LogP contribution in [-0.4, -0.2) is 55.1 Å². The molecule has 2 aromatic carbocycles. The molecule has 0 radical (unpaired) electrons. The number of hydrogen-bond donors (Lipinski definition) is 1. The van der Waals surface area contributed by atoms with E-state index in [1.165, 1.54) is 11.8 Å². The van der Waals surface area contributed by atoms with Gasteiger partial charge in [-0.2, -0.15) is 5.26 Å². The molecule has 1 saturated heterocycles. The largest absolute Gasteiger partial charge is 0.369 e. The van der Waals surface area contributed by atoms with Crippen LogP contribution in [0.5, 0.6) is 0 Å². The Hall–Kier alpha value is -2.82. The number of ketones is 1. The predicted molar refractivity (Wildman–Crippen MR) is 117 cm³/mol. The van der Waals surface area contributed by atoms with Gasteiger partial charge < -0.3 is 10.2 Å². The monoisotopic (exact) mass is 408 g/mol. The second-order valence-electron chi connectivity index (χ2n) is 6.86. The molecule has 1 fully saturated rings. The first-order chi connectivity index (χ1) is 14.1. The Morgan fingerprint density at radius 1 is 1.07 bits per heavy atom. The molecule has 0 aromatic heterocycles. The van der Waals surface area contributed by atoms with Crippen LogP contribution in [0.2, 0.25) is 0 Å². The molecule has 0 bridgehead atoms. The molecule has 0 aliphatic carbocycles. The zero-order valence-corrected chi connectivity index (χ0v) is 17.2. The van der Waals surface area contributed by atoms with E-state index >= 15 is 0 Å². The van der Waals surface area contributed by atoms with Gasteiger partial charge in [-0.15, -0.1) is 11.8 Å². The van der Waals surface area contributed by atoms with Gasteiger partial charge in [-0.05, 0) is 43.3 Å². The lowest BCUT2D eigenvalue weighted by Gasteiger charge is -2.35. The van der Waals surface area contributed by atoms with Crippen molar-refractivity contribution in [1.29, 1.82) is 5.26 Å². The summed E-state index contributed by atoms with van der Waals surface area (Å²) in [5, 5.41) is 11.7. The van der Waals surface area contributed by atoms with E-state index in [1.54, 1.807) is 6.92 Å². The molecule has 1 amide bonds. The fourth-order valence-corrected chi connectivity index (χ4v) is 3.94. The Labute approximate surface area is 175 Å². The maximum absolute atomic E-state index is 12.5. The molecule has 3 rings (SSSR count). The number of anilines is 2. The van der Waals surface area contributed by atoms with Crippen LogP contribution in [0, 0.1) is 11.3 Å². The highest BCUT2D eigenvalue weighted by Gasteiger charge is 2.20. The Morgan fingerprint density at radius 3 is 2.41 bits per heavy atom. The number of Topliss-reactive ketones (excluding diaryl/α,β-unsaturated/α-hetero) is 1. The summed E-state index contributed by atoms with van der Waals surface area (Å²) >= 11 is 1.42. The third kappa shape index (κ3) is 5.83. The summed E-state index contributed by atoms with van der Waals surface area (Å²) in [4.78, 5) is 29.2. The van der Waals surface area contributed by atoms with E-state index in [-0.39, 0.29) is 11.7 Å². The lowest BCUT2D eigenvalue weighted by Crippen LogP contribution is -2.48. The van der Waals surface area contributed by atoms with E-state index < -0.39 is 0 Å². The molecule has 29 heavy (non-hydrogen) atoms. The van der Waals surface area contributed by atoms with Gasteiger partial charge in [0.2, 0.25) is 5.91 Å². The Balaban J connectivity index is 1.50. The van der Waals surface area contributed by atoms with Crippen LogP contribution in [0.15, 0.2) is 53.4 Å². The smallest absolute Gasteiger partial charge is 0.238 e. The third-order valence-corrected chi connectivity index (χ3v) is 5.77. The Kier molecular flexibility index (Phi) is 7.28. The predicted octanol–water partition coefficient (Wildman–Crippen LogP) is 3.27. The minimum Gasteiger partial charge on any atom is -0.369 e. The maximum atomic E-state index is 12.5. The van der Waals surface area contributed by atoms with E-state index in [4.69, 9.17) is 5.26 Å². The van der Waals surface area contributed by atoms with Crippen molar-refractivity contribution in [2.45, 2.75) is 11.8 Å². The van der Waals surface area contributed by atoms with Gasteiger partial charge in [0.25, 0.3) is 0 Å². The van der Waals surface area contributed by atoms with Crippen LogP contribution in [0.3, 0.4) is 0 Å². The zero-order valence-electron chi connectivity index (χ0n) is 16.4. The minimum atomic E-state index is -0.0470. The van der Waals surface area contributed by atoms with Crippen molar-refractivity contribution < 1.29 is 9.59 Å². The molecule has 1 heterocycles. The van der Waals surface area contributed by atoms with Crippen LogP contribution in [0.4, 0.5) is 11.4 Å². The molecule has 0 saturated carbocycles. The SMILES string of the molecule is CC(=O)c1ccc(N2CCN(CC(=O)Nc3ccccc3SCC#N)CC2)cc1. The molecule has 0 unspecified atom stereocenters. The van der Waals surface area contributed by atoms with Crippen LogP contribution in [-0.2, 0) is 4.79 Å². The fourth-order valence-electron chi connectivity index (χ4n) is 3.27. The second-order valence-corrected chi connectivity index (χ2v) is 7.87. The van der Waals surface area contributed by atoms with Crippen molar-refractivity contribution in [1.82, 2.24) is 4.90 Å². The summed E-state index contributed by atoms with van der Waals surface area (Å²) in [7, 11) is 0. The molecule has 150 valence electrons. The number of rotatable bonds is 7. The van der Waals surface area contributed by atoms with E-state index in [0.29, 0.717) is 12.3 Å². The first kappa shape index (κ1) is 20.9. The van der Waals surface area contributed by atoms with Crippen LogP contribution < -0.4 is 10.2 Å². The van der Waals surface area contributed by atoms with E-state index in [1.807, 2.05) is 48.5 Å². The van der Waals surface area contributed by atoms with Gasteiger partial charge in [0.05, 0.1) is 24.1 Å². The fraction of sp³-hybridized carbons (Fsp3) is 0.318. The van der Waals surface area contributed by atoms with E-state index in [0.717, 1.165) is 48.0 Å². The summed E-state index contributed by atoms with van der Waals surface area (Å²) in [6.07, 6.45) is 0. The molecule has 1 N–H and O–H groups in total. The number of hydrogen-bond acceptors (Lipinski definition) is 6. The van der Waals surface area contributed by atoms with Gasteiger partial charge in [0.1, 0.15) is 0 Å². The lowest BCUT2D eigenvalue weighted by atomic mass is 10.1. The van der Waals surface area contributed by atoms with Gasteiger partial charge in [-0.25, -0.2) is 0 Å². The number of benzene rings is 2. The highest BCUT2D eigenvalue weighted by molar-refractivity contribution is 7.99. The summed E-state index contributed by atoms with van der Waals surface area (Å²) in [5.74, 6) is 0.372. The number of carbonyl (C=O) groups is 2. The van der Waals surface area contributed by atoms with Gasteiger partial charge in [0.15, 0.2) is 5.78 Å². The number of piperazine rings is 1. The van der Waals surface area contributed by atoms with Crippen molar-refractivity contribution in [3.05, 3.63) is 54.1 Å². The van der Waals surface area contributed by atoms with Crippen molar-refractivity contribution in [3.63, 3.8) is 0 Å². The second kappa shape index (κ2) is 10.1. The molecule has 1 aliphatic rings. The Morgan fingerprint density at radius 2 is 1.76 bits per heavy atom. The van der Waals surface area contributed by atoms with Crippen molar-refractivity contribution in [2.75, 3.05) is 48.7 Å². The average Bonchev–Trinajstić information content (AvgIpc) is 2.73. The van der Waals surface area contributed by atoms with Crippen molar-refractivity contribution in [2.24, 2.45) is 0 Å². The van der Waals surface area contributed by atoms with Crippen molar-refractivity contribution in [3.8, 4) is 6.07 Å². The lowest BCUT2D eigenvalue weighted by molar-refractivity contribution is -0.117. The number of nitriles is 1. The summed E-state index contributed by atoms with van der Waals surface area (Å²) < 4.78 is 0. The minimum absolute atomic E-state index is 0.0470. The highest BCUT2D eigenvalue weighted by atomic mass is 32.2. The number of para-hydroxylation sites is 1. The first-order valence-electron chi connectivity index (χ1n) is 9.54. The third-order valence-electron chi connectivity index (χ3n) is 4.83. The van der Waals surface area contributed by atoms with E-state index in [2.05, 4.69) is 21.2 Å². The number of thioether (sulfide) groups is 1. The van der Waals surface area contributed by atoms with Crippen molar-refractivity contribution >= 4 is 34.8 Å². The summed E-state index contributed by atoms with van der Waals surface area (Å²) in [6.45, 7) is 5.18. The molecule has 6 nitrogen and oxygen atoms in total. The molecule has 1 aliphatic heterocycles. The average molecular weight is 409 g/mol. The highest BCUT2D eigenvalue weighted by Crippen LogP contribution is 2.26. The maximum Gasteiger partial charge on any atom is 0.238 e. The molecule has 7 heteroatoms. The number of nitrogens with zero attached hydrogens (tertiary/aromatic N) is 3. The topological polar surface area (TPSA) is 76.4 Å². The summed E-state index contributed by atoms with van der Waals surface area (Å²) in [6, 6.07) is 17.3. The van der Waals surface area contributed by atoms with Crippen LogP contribution in [0.1, 0.15) is 17.3 Å². The first-order valence-corrected chi connectivity index (χ1v) is 10.5. The molecular formula is C22H24N4O2S. The molecular weight excluding hydrogens is 384 g/mol.